The van der Waals surface area contributed by atoms with Gasteiger partial charge in [0.25, 0.3) is 5.91 Å². The number of carbonyl (C=O) groups excluding carboxylic acids is 3. The normalized spacial score (nSPS) is 10.4. The Labute approximate surface area is 205 Å². The second-order valence-corrected chi connectivity index (χ2v) is 8.38. The number of para-hydroxylation sites is 1. The maximum absolute atomic E-state index is 12.2. The molecule has 0 atom stereocenters. The lowest BCUT2D eigenvalue weighted by atomic mass is 10.1. The summed E-state index contributed by atoms with van der Waals surface area (Å²) in [5.41, 5.74) is 4.48. The van der Waals surface area contributed by atoms with Crippen LogP contribution in [-0.4, -0.2) is 24.4 Å². The Morgan fingerprint density at radius 3 is 2.11 bits per heavy atom. The smallest absolute Gasteiger partial charge is 0.306 e. The summed E-state index contributed by atoms with van der Waals surface area (Å²) < 4.78 is 10.9. The molecule has 2 N–H and O–H groups in total. The van der Waals surface area contributed by atoms with E-state index in [4.69, 9.17) is 9.47 Å². The average molecular weight is 475 g/mol. The highest BCUT2D eigenvalue weighted by Gasteiger charge is 2.10. The number of nitrogens with one attached hydrogen (secondary N) is 2. The molecular formula is C28H30N2O5. The highest BCUT2D eigenvalue weighted by atomic mass is 16.5. The first-order valence-electron chi connectivity index (χ1n) is 11.5. The van der Waals surface area contributed by atoms with E-state index in [-0.39, 0.29) is 25.4 Å². The SMILES string of the molecule is Cc1cc(C)cc(Oc2ccc(NC(=O)CCCC(=O)OCC(=O)Nc3ccccc3C)cc2)c1. The van der Waals surface area contributed by atoms with Gasteiger partial charge in [-0.2, -0.15) is 0 Å². The van der Waals surface area contributed by atoms with Crippen molar-refractivity contribution in [2.45, 2.75) is 40.0 Å². The predicted octanol–water partition coefficient (Wildman–Crippen LogP) is 5.69. The van der Waals surface area contributed by atoms with Gasteiger partial charge in [-0.1, -0.05) is 24.3 Å². The van der Waals surface area contributed by atoms with Gasteiger partial charge < -0.3 is 20.1 Å². The van der Waals surface area contributed by atoms with Gasteiger partial charge >= 0.3 is 5.97 Å². The number of esters is 1. The first-order chi connectivity index (χ1) is 16.8. The topological polar surface area (TPSA) is 93.7 Å². The standard InChI is InChI=1S/C28H30N2O5/c1-19-15-20(2)17-24(16-19)35-23-13-11-22(12-14-23)29-26(31)9-6-10-28(33)34-18-27(32)30-25-8-5-4-7-21(25)3/h4-5,7-8,11-17H,6,9-10,18H2,1-3H3,(H,29,31)(H,30,32). The third kappa shape index (κ3) is 8.62. The highest BCUT2D eigenvalue weighted by Crippen LogP contribution is 2.25. The molecule has 7 heteroatoms. The van der Waals surface area contributed by atoms with Crippen LogP contribution in [0.15, 0.2) is 66.7 Å². The van der Waals surface area contributed by atoms with Crippen molar-refractivity contribution in [1.82, 2.24) is 0 Å². The molecule has 0 unspecified atom stereocenters. The summed E-state index contributed by atoms with van der Waals surface area (Å²) in [5.74, 6) is 0.292. The van der Waals surface area contributed by atoms with E-state index in [1.54, 1.807) is 30.3 Å². The first kappa shape index (κ1) is 25.5. The van der Waals surface area contributed by atoms with Gasteiger partial charge in [-0.25, -0.2) is 0 Å². The number of amides is 2. The quantitative estimate of drug-likeness (QED) is 0.368. The number of anilines is 2. The Morgan fingerprint density at radius 2 is 1.43 bits per heavy atom. The molecule has 182 valence electrons. The van der Waals surface area contributed by atoms with Gasteiger partial charge in [0, 0.05) is 24.2 Å². The minimum absolute atomic E-state index is 0.0494. The molecule has 0 aliphatic heterocycles. The van der Waals surface area contributed by atoms with Crippen molar-refractivity contribution in [1.29, 1.82) is 0 Å². The van der Waals surface area contributed by atoms with Crippen molar-refractivity contribution < 1.29 is 23.9 Å². The zero-order valence-corrected chi connectivity index (χ0v) is 20.2. The van der Waals surface area contributed by atoms with Crippen molar-refractivity contribution in [3.05, 3.63) is 83.4 Å². The molecule has 35 heavy (non-hydrogen) atoms. The number of benzene rings is 3. The first-order valence-corrected chi connectivity index (χ1v) is 11.5. The monoisotopic (exact) mass is 474 g/mol. The summed E-state index contributed by atoms with van der Waals surface area (Å²) in [5, 5.41) is 5.50. The number of hydrogen-bond acceptors (Lipinski definition) is 5. The van der Waals surface area contributed by atoms with Crippen LogP contribution in [0.2, 0.25) is 0 Å². The minimum atomic E-state index is -0.523. The van der Waals surface area contributed by atoms with Crippen molar-refractivity contribution in [3.63, 3.8) is 0 Å². The number of hydrogen-bond donors (Lipinski definition) is 2. The Kier molecular flexibility index (Phi) is 9.01. The van der Waals surface area contributed by atoms with Crippen molar-refractivity contribution in [3.8, 4) is 11.5 Å². The lowest BCUT2D eigenvalue weighted by molar-refractivity contribution is -0.147. The molecule has 3 aromatic rings. The summed E-state index contributed by atoms with van der Waals surface area (Å²) in [6.07, 6.45) is 0.525. The molecule has 0 aliphatic rings. The van der Waals surface area contributed by atoms with Crippen LogP contribution in [0.1, 0.15) is 36.0 Å². The van der Waals surface area contributed by atoms with E-state index in [1.165, 1.54) is 0 Å². The van der Waals surface area contributed by atoms with Crippen LogP contribution in [0.5, 0.6) is 11.5 Å². The lowest BCUT2D eigenvalue weighted by Crippen LogP contribution is -2.21. The van der Waals surface area contributed by atoms with Gasteiger partial charge in [0.15, 0.2) is 6.61 Å². The van der Waals surface area contributed by atoms with Gasteiger partial charge in [0.2, 0.25) is 5.91 Å². The third-order valence-corrected chi connectivity index (χ3v) is 5.14. The van der Waals surface area contributed by atoms with Gasteiger partial charge in [-0.05, 0) is 86.3 Å². The molecule has 0 heterocycles. The maximum atomic E-state index is 12.2. The summed E-state index contributed by atoms with van der Waals surface area (Å²) in [4.78, 5) is 36.0. The van der Waals surface area contributed by atoms with E-state index in [9.17, 15) is 14.4 Å². The van der Waals surface area contributed by atoms with Crippen LogP contribution in [0.25, 0.3) is 0 Å². The molecule has 0 radical (unpaired) electrons. The van der Waals surface area contributed by atoms with Crippen LogP contribution in [-0.2, 0) is 19.1 Å². The summed E-state index contributed by atoms with van der Waals surface area (Å²) in [6, 6.07) is 20.4. The molecule has 7 nitrogen and oxygen atoms in total. The Balaban J connectivity index is 1.35. The minimum Gasteiger partial charge on any atom is -0.457 e. The molecule has 0 saturated carbocycles. The molecular weight excluding hydrogens is 444 g/mol. The molecule has 3 aromatic carbocycles. The van der Waals surface area contributed by atoms with Crippen molar-refractivity contribution in [2.24, 2.45) is 0 Å². The van der Waals surface area contributed by atoms with Crippen LogP contribution < -0.4 is 15.4 Å². The Morgan fingerprint density at radius 1 is 0.743 bits per heavy atom. The summed E-state index contributed by atoms with van der Waals surface area (Å²) in [7, 11) is 0. The van der Waals surface area contributed by atoms with Crippen LogP contribution in [0.4, 0.5) is 11.4 Å². The van der Waals surface area contributed by atoms with Crippen LogP contribution in [0.3, 0.4) is 0 Å². The molecule has 0 fully saturated rings. The van der Waals surface area contributed by atoms with E-state index >= 15 is 0 Å². The zero-order chi connectivity index (χ0) is 25.2. The lowest BCUT2D eigenvalue weighted by Gasteiger charge is -2.10. The fourth-order valence-electron chi connectivity index (χ4n) is 3.47. The maximum Gasteiger partial charge on any atom is 0.306 e. The molecule has 0 aromatic heterocycles. The number of carbonyl (C=O) groups is 3. The number of ether oxygens (including phenoxy) is 2. The van der Waals surface area contributed by atoms with Gasteiger partial charge in [-0.3, -0.25) is 14.4 Å². The number of rotatable bonds is 10. The Hall–Kier alpha value is -4.13. The van der Waals surface area contributed by atoms with Gasteiger partial charge in [-0.15, -0.1) is 0 Å². The molecule has 0 bridgehead atoms. The molecule has 0 aliphatic carbocycles. The van der Waals surface area contributed by atoms with E-state index in [0.29, 0.717) is 23.5 Å². The van der Waals surface area contributed by atoms with Gasteiger partial charge in [0.1, 0.15) is 11.5 Å². The second kappa shape index (κ2) is 12.4. The molecule has 2 amide bonds. The molecule has 3 rings (SSSR count). The fraction of sp³-hybridized carbons (Fsp3) is 0.250. The third-order valence-electron chi connectivity index (χ3n) is 5.14. The second-order valence-electron chi connectivity index (χ2n) is 8.38. The van der Waals surface area contributed by atoms with E-state index in [1.807, 2.05) is 51.1 Å². The fourth-order valence-corrected chi connectivity index (χ4v) is 3.47. The van der Waals surface area contributed by atoms with Crippen LogP contribution in [0, 0.1) is 20.8 Å². The molecule has 0 saturated heterocycles. The number of aryl methyl sites for hydroxylation is 3. The van der Waals surface area contributed by atoms with Crippen molar-refractivity contribution in [2.75, 3.05) is 17.2 Å². The van der Waals surface area contributed by atoms with Crippen LogP contribution >= 0.6 is 0 Å². The predicted molar refractivity (Wildman–Crippen MR) is 136 cm³/mol. The van der Waals surface area contributed by atoms with E-state index in [0.717, 1.165) is 22.4 Å². The summed E-state index contributed by atoms with van der Waals surface area (Å²) >= 11 is 0. The molecule has 0 spiro atoms. The zero-order valence-electron chi connectivity index (χ0n) is 20.2. The average Bonchev–Trinajstić information content (AvgIpc) is 2.80. The Bertz CT molecular complexity index is 1170. The van der Waals surface area contributed by atoms with E-state index < -0.39 is 11.9 Å². The largest absolute Gasteiger partial charge is 0.457 e. The summed E-state index contributed by atoms with van der Waals surface area (Å²) in [6.45, 7) is 5.54. The van der Waals surface area contributed by atoms with E-state index in [2.05, 4.69) is 16.7 Å². The van der Waals surface area contributed by atoms with Crippen molar-refractivity contribution >= 4 is 29.2 Å². The highest BCUT2D eigenvalue weighted by molar-refractivity contribution is 5.93. The van der Waals surface area contributed by atoms with Gasteiger partial charge in [0.05, 0.1) is 0 Å².